The fourth-order valence-electron chi connectivity index (χ4n) is 4.54. The van der Waals surface area contributed by atoms with E-state index in [1.165, 1.54) is 4.68 Å². The van der Waals surface area contributed by atoms with Crippen LogP contribution in [0.1, 0.15) is 43.5 Å². The highest BCUT2D eigenvalue weighted by molar-refractivity contribution is 6.53. The summed E-state index contributed by atoms with van der Waals surface area (Å²) in [6, 6.07) is 21.8. The lowest BCUT2D eigenvalue weighted by atomic mass is 9.98. The van der Waals surface area contributed by atoms with E-state index in [1.54, 1.807) is 35.0 Å². The minimum absolute atomic E-state index is 0.0988. The second-order valence-electron chi connectivity index (χ2n) is 9.01. The first-order chi connectivity index (χ1) is 17.4. The molecule has 0 fully saturated rings. The summed E-state index contributed by atoms with van der Waals surface area (Å²) in [7, 11) is 0. The Morgan fingerprint density at radius 1 is 0.833 bits per heavy atom. The molecule has 0 atom stereocenters. The third kappa shape index (κ3) is 3.79. The highest BCUT2D eigenvalue weighted by Gasteiger charge is 2.48. The monoisotopic (exact) mass is 479 g/mol. The van der Waals surface area contributed by atoms with Crippen molar-refractivity contribution in [3.05, 3.63) is 112 Å². The largest absolute Gasteiger partial charge is 0.331 e. The number of rotatable bonds is 6. The lowest BCUT2D eigenvalue weighted by Gasteiger charge is -2.13. The number of carbonyl (C=O) groups is 2. The van der Waals surface area contributed by atoms with Crippen LogP contribution in [0, 0.1) is 0 Å². The maximum Gasteiger partial charge on any atom is 0.331 e. The summed E-state index contributed by atoms with van der Waals surface area (Å²) in [5, 5.41) is 3.21. The molecule has 1 aliphatic rings. The second-order valence-corrected chi connectivity index (χ2v) is 9.01. The number of aryl methyl sites for hydroxylation is 1. The molecule has 0 saturated carbocycles. The molecular weight excluding hydrogens is 452 g/mol. The van der Waals surface area contributed by atoms with Crippen LogP contribution in [0.2, 0.25) is 0 Å². The lowest BCUT2D eigenvalue weighted by molar-refractivity contribution is -0.577. The van der Waals surface area contributed by atoms with Gasteiger partial charge in [0.05, 0.1) is 16.9 Å². The molecule has 3 heterocycles. The number of carbonyl (C=O) groups excluding carboxylic acids is 2. The summed E-state index contributed by atoms with van der Waals surface area (Å²) in [6.07, 6.45) is 4.34. The molecule has 7 heteroatoms. The van der Waals surface area contributed by atoms with Gasteiger partial charge in [-0.15, -0.1) is 0 Å². The number of nitrogens with zero attached hydrogens (tertiary/aromatic N) is 3. The van der Waals surface area contributed by atoms with E-state index in [0.29, 0.717) is 17.1 Å². The average Bonchev–Trinajstić information content (AvgIpc) is 3.37. The van der Waals surface area contributed by atoms with Gasteiger partial charge in [-0.05, 0) is 42.7 Å². The first kappa shape index (κ1) is 23.2. The second kappa shape index (κ2) is 9.26. The van der Waals surface area contributed by atoms with Gasteiger partial charge < -0.3 is 0 Å². The fraction of sp³-hybridized carbons (Fsp3) is 0.172. The van der Waals surface area contributed by atoms with Gasteiger partial charge in [0.2, 0.25) is 0 Å². The predicted molar refractivity (Wildman–Crippen MR) is 139 cm³/mol. The molecule has 0 unspecified atom stereocenters. The Hall–Kier alpha value is -4.52. The summed E-state index contributed by atoms with van der Waals surface area (Å²) in [6.45, 7) is 5.92. The molecule has 180 valence electrons. The Morgan fingerprint density at radius 3 is 2.08 bits per heavy atom. The Kier molecular flexibility index (Phi) is 5.98. The van der Waals surface area contributed by atoms with Crippen LogP contribution in [0.15, 0.2) is 90.0 Å². The molecule has 1 N–H and O–H groups in total. The first-order valence-electron chi connectivity index (χ1n) is 12.0. The van der Waals surface area contributed by atoms with Crippen molar-refractivity contribution in [1.29, 1.82) is 0 Å². The van der Waals surface area contributed by atoms with Crippen LogP contribution in [0.5, 0.6) is 0 Å². The highest BCUT2D eigenvalue weighted by Crippen LogP contribution is 2.35. The number of aromatic nitrogens is 3. The standard InChI is InChI=1S/C29H26N4O3/c1-4-20-12-11-17-31(18-20)26-24(27(34)32(29(26)36)21-13-7-5-8-14-21)23-25(19(2)3)30-33(28(23)35)22-15-9-6-10-16-22/h5-19H,4H2,1-3H3/p+1. The number of hydrogen-bond donors (Lipinski definition) is 1. The molecule has 2 amide bonds. The molecular formula is C29H27N4O3+. The van der Waals surface area contributed by atoms with Crippen LogP contribution in [0.4, 0.5) is 5.69 Å². The molecule has 2 aromatic heterocycles. The number of para-hydroxylation sites is 2. The van der Waals surface area contributed by atoms with Gasteiger partial charge in [0.15, 0.2) is 12.4 Å². The van der Waals surface area contributed by atoms with Crippen molar-refractivity contribution >= 4 is 28.8 Å². The fourth-order valence-corrected chi connectivity index (χ4v) is 4.54. The smallest absolute Gasteiger partial charge is 0.294 e. The van der Waals surface area contributed by atoms with E-state index in [4.69, 9.17) is 0 Å². The maximum absolute atomic E-state index is 14.0. The topological polar surface area (TPSA) is 79.1 Å². The zero-order valence-electron chi connectivity index (χ0n) is 20.4. The summed E-state index contributed by atoms with van der Waals surface area (Å²) < 4.78 is 3.10. The summed E-state index contributed by atoms with van der Waals surface area (Å²) >= 11 is 0. The van der Waals surface area contributed by atoms with Gasteiger partial charge in [-0.1, -0.05) is 57.2 Å². The summed E-state index contributed by atoms with van der Waals surface area (Å²) in [5.41, 5.74) is 2.81. The third-order valence-electron chi connectivity index (χ3n) is 6.36. The quantitative estimate of drug-likeness (QED) is 0.334. The number of pyridine rings is 1. The molecule has 0 aliphatic carbocycles. The number of aromatic amines is 1. The van der Waals surface area contributed by atoms with Crippen LogP contribution in [-0.2, 0) is 16.0 Å². The Bertz CT molecular complexity index is 1550. The van der Waals surface area contributed by atoms with E-state index in [9.17, 15) is 14.4 Å². The van der Waals surface area contributed by atoms with E-state index in [2.05, 4.69) is 5.10 Å². The van der Waals surface area contributed by atoms with Crippen LogP contribution >= 0.6 is 0 Å². The summed E-state index contributed by atoms with van der Waals surface area (Å²) in [4.78, 5) is 42.9. The molecule has 5 rings (SSSR count). The zero-order valence-corrected chi connectivity index (χ0v) is 20.4. The Labute approximate surface area is 208 Å². The van der Waals surface area contributed by atoms with E-state index in [-0.39, 0.29) is 28.3 Å². The number of H-pyrrole nitrogens is 1. The van der Waals surface area contributed by atoms with Crippen molar-refractivity contribution in [2.24, 2.45) is 0 Å². The summed E-state index contributed by atoms with van der Waals surface area (Å²) in [5.74, 6) is -1.10. The molecule has 36 heavy (non-hydrogen) atoms. The average molecular weight is 480 g/mol. The lowest BCUT2D eigenvalue weighted by Crippen LogP contribution is -2.40. The Morgan fingerprint density at radius 2 is 1.47 bits per heavy atom. The molecule has 1 aliphatic heterocycles. The van der Waals surface area contributed by atoms with Crippen molar-refractivity contribution in [3.63, 3.8) is 0 Å². The van der Waals surface area contributed by atoms with Crippen molar-refractivity contribution < 1.29 is 14.2 Å². The minimum atomic E-state index is -0.520. The molecule has 2 aromatic carbocycles. The van der Waals surface area contributed by atoms with Gasteiger partial charge in [0.25, 0.3) is 17.2 Å². The van der Waals surface area contributed by atoms with Crippen molar-refractivity contribution in [2.45, 2.75) is 33.1 Å². The molecule has 0 spiro atoms. The van der Waals surface area contributed by atoms with Crippen LogP contribution in [0.3, 0.4) is 0 Å². The van der Waals surface area contributed by atoms with Gasteiger partial charge in [-0.3, -0.25) is 19.5 Å². The van der Waals surface area contributed by atoms with Gasteiger partial charge >= 0.3 is 5.91 Å². The van der Waals surface area contributed by atoms with Crippen LogP contribution < -0.4 is 15.0 Å². The van der Waals surface area contributed by atoms with Crippen LogP contribution in [0.25, 0.3) is 17.0 Å². The van der Waals surface area contributed by atoms with E-state index in [1.807, 2.05) is 75.5 Å². The number of anilines is 1. The highest BCUT2D eigenvalue weighted by atomic mass is 16.2. The molecule has 4 aromatic rings. The number of imide groups is 1. The maximum atomic E-state index is 14.0. The van der Waals surface area contributed by atoms with Crippen molar-refractivity contribution in [1.82, 2.24) is 9.78 Å². The van der Waals surface area contributed by atoms with E-state index in [0.717, 1.165) is 16.9 Å². The minimum Gasteiger partial charge on any atom is -0.294 e. The SMILES string of the molecule is CCc1ccc[n+](C2=C(c3c(C(C)C)[nH]n(-c4ccccc4)c3=O)C(=O)N(c3ccccc3)C2=O)c1. The molecule has 0 bridgehead atoms. The number of benzene rings is 2. The van der Waals surface area contributed by atoms with Crippen molar-refractivity contribution in [3.8, 4) is 5.69 Å². The van der Waals surface area contributed by atoms with Gasteiger partial charge in [0.1, 0.15) is 5.57 Å². The van der Waals surface area contributed by atoms with E-state index >= 15 is 0 Å². The molecule has 0 saturated heterocycles. The van der Waals surface area contributed by atoms with Crippen LogP contribution in [-0.4, -0.2) is 21.6 Å². The number of hydrogen-bond acceptors (Lipinski definition) is 3. The van der Waals surface area contributed by atoms with Crippen molar-refractivity contribution in [2.75, 3.05) is 4.90 Å². The van der Waals surface area contributed by atoms with Gasteiger partial charge in [-0.2, -0.15) is 4.57 Å². The predicted octanol–water partition coefficient (Wildman–Crippen LogP) is 4.08. The zero-order chi connectivity index (χ0) is 25.4. The van der Waals surface area contributed by atoms with E-state index < -0.39 is 11.8 Å². The number of nitrogens with one attached hydrogen (secondary N) is 1. The Balaban J connectivity index is 1.82. The van der Waals surface area contributed by atoms with Gasteiger partial charge in [-0.25, -0.2) is 9.58 Å². The third-order valence-corrected chi connectivity index (χ3v) is 6.36. The molecule has 7 nitrogen and oxygen atoms in total. The normalized spacial score (nSPS) is 13.8. The first-order valence-corrected chi connectivity index (χ1v) is 12.0. The van der Waals surface area contributed by atoms with Gasteiger partial charge in [0, 0.05) is 17.3 Å². The molecule has 0 radical (unpaired) electrons. The number of amides is 2.